The lowest BCUT2D eigenvalue weighted by molar-refractivity contribution is 0.537. The largest absolute Gasteiger partial charge is 0.249 e. The second kappa shape index (κ2) is 9.20. The smallest absolute Gasteiger partial charge is 0.0725 e. The van der Waals surface area contributed by atoms with E-state index in [9.17, 15) is 0 Å². The highest BCUT2D eigenvalue weighted by Gasteiger charge is 2.02. The lowest BCUT2D eigenvalue weighted by atomic mass is 10.1. The summed E-state index contributed by atoms with van der Waals surface area (Å²) in [5.41, 5.74) is 1.31. The molecule has 3 heteroatoms. The molecule has 0 aliphatic rings. The van der Waals surface area contributed by atoms with Crippen LogP contribution in [0, 0.1) is 0 Å². The van der Waals surface area contributed by atoms with Crippen molar-refractivity contribution in [1.29, 1.82) is 0 Å². The van der Waals surface area contributed by atoms with Crippen LogP contribution in [-0.2, 0) is 13.0 Å². The Balaban J connectivity index is 2.07. The molecule has 0 radical (unpaired) electrons. The van der Waals surface area contributed by atoms with Gasteiger partial charge >= 0.3 is 0 Å². The molecular weight excluding hydrogens is 210 g/mol. The van der Waals surface area contributed by atoms with Crippen LogP contribution in [0.3, 0.4) is 0 Å². The third kappa shape index (κ3) is 5.85. The number of nitrogens with zero attached hydrogens (tertiary/aromatic N) is 3. The molecule has 0 atom stereocenters. The molecule has 0 N–H and O–H groups in total. The third-order valence-electron chi connectivity index (χ3n) is 3.17. The Kier molecular flexibility index (Phi) is 7.69. The Morgan fingerprint density at radius 2 is 1.65 bits per heavy atom. The average Bonchev–Trinajstić information content (AvgIpc) is 2.76. The zero-order valence-corrected chi connectivity index (χ0v) is 11.5. The van der Waals surface area contributed by atoms with E-state index in [1.165, 1.54) is 50.6 Å². The molecule has 98 valence electrons. The van der Waals surface area contributed by atoms with Gasteiger partial charge in [-0.1, -0.05) is 57.6 Å². The van der Waals surface area contributed by atoms with E-state index >= 15 is 0 Å². The summed E-state index contributed by atoms with van der Waals surface area (Å²) in [5.74, 6) is 0. The Morgan fingerprint density at radius 1 is 0.941 bits per heavy atom. The van der Waals surface area contributed by atoms with Crippen LogP contribution >= 0.6 is 0 Å². The fourth-order valence-electron chi connectivity index (χ4n) is 2.14. The molecule has 1 heterocycles. The van der Waals surface area contributed by atoms with Crippen LogP contribution in [0.5, 0.6) is 0 Å². The first-order chi connectivity index (χ1) is 8.38. The van der Waals surface area contributed by atoms with Crippen molar-refractivity contribution in [3.63, 3.8) is 0 Å². The number of aryl methyl sites for hydroxylation is 2. The van der Waals surface area contributed by atoms with E-state index in [1.807, 2.05) is 6.20 Å². The molecule has 0 amide bonds. The molecule has 0 saturated carbocycles. The first-order valence-corrected chi connectivity index (χ1v) is 7.25. The molecule has 1 aromatic heterocycles. The second-order valence-electron chi connectivity index (χ2n) is 4.82. The summed E-state index contributed by atoms with van der Waals surface area (Å²) >= 11 is 0. The topological polar surface area (TPSA) is 30.7 Å². The maximum Gasteiger partial charge on any atom is 0.0725 e. The predicted octanol–water partition coefficient (Wildman–Crippen LogP) is 3.98. The molecule has 0 aliphatic heterocycles. The van der Waals surface area contributed by atoms with Crippen molar-refractivity contribution in [2.45, 2.75) is 78.2 Å². The lowest BCUT2D eigenvalue weighted by Gasteiger charge is -2.04. The number of rotatable bonds is 10. The van der Waals surface area contributed by atoms with E-state index in [1.54, 1.807) is 0 Å². The summed E-state index contributed by atoms with van der Waals surface area (Å²) in [4.78, 5) is 0. The summed E-state index contributed by atoms with van der Waals surface area (Å²) in [5, 5.41) is 8.11. The van der Waals surface area contributed by atoms with E-state index in [-0.39, 0.29) is 0 Å². The summed E-state index contributed by atoms with van der Waals surface area (Å²) in [6, 6.07) is 0. The Bertz CT molecular complexity index is 281. The molecule has 0 fully saturated rings. The second-order valence-corrected chi connectivity index (χ2v) is 4.82. The summed E-state index contributed by atoms with van der Waals surface area (Å²) in [6.45, 7) is 5.45. The molecule has 0 spiro atoms. The zero-order chi connectivity index (χ0) is 12.3. The number of unbranched alkanes of at least 4 members (excludes halogenated alkanes) is 6. The van der Waals surface area contributed by atoms with Crippen molar-refractivity contribution in [2.24, 2.45) is 0 Å². The quantitative estimate of drug-likeness (QED) is 0.576. The minimum absolute atomic E-state index is 1.01. The summed E-state index contributed by atoms with van der Waals surface area (Å²) < 4.78 is 2.05. The number of aromatic nitrogens is 3. The molecule has 17 heavy (non-hydrogen) atoms. The van der Waals surface area contributed by atoms with Crippen LogP contribution in [0.4, 0.5) is 0 Å². The van der Waals surface area contributed by atoms with Gasteiger partial charge in [-0.25, -0.2) is 4.68 Å². The van der Waals surface area contributed by atoms with Gasteiger partial charge in [-0.3, -0.25) is 0 Å². The van der Waals surface area contributed by atoms with Crippen molar-refractivity contribution in [1.82, 2.24) is 15.0 Å². The maximum atomic E-state index is 4.11. The van der Waals surface area contributed by atoms with E-state index in [2.05, 4.69) is 28.8 Å². The van der Waals surface area contributed by atoms with Gasteiger partial charge in [0.05, 0.1) is 11.9 Å². The standard InChI is InChI=1S/C14H27N3/c1-3-5-6-7-8-9-10-11-14-13-15-16-17(14)12-4-2/h13H,3-12H2,1-2H3. The van der Waals surface area contributed by atoms with Gasteiger partial charge in [0.15, 0.2) is 0 Å². The fourth-order valence-corrected chi connectivity index (χ4v) is 2.14. The fraction of sp³-hybridized carbons (Fsp3) is 0.857. The number of hydrogen-bond acceptors (Lipinski definition) is 2. The Labute approximate surface area is 106 Å². The molecule has 0 aromatic carbocycles. The Morgan fingerprint density at radius 3 is 2.35 bits per heavy atom. The average molecular weight is 237 g/mol. The molecule has 0 unspecified atom stereocenters. The minimum atomic E-state index is 1.01. The van der Waals surface area contributed by atoms with E-state index in [0.29, 0.717) is 0 Å². The van der Waals surface area contributed by atoms with Gasteiger partial charge in [0.25, 0.3) is 0 Å². The van der Waals surface area contributed by atoms with Gasteiger partial charge in [0.2, 0.25) is 0 Å². The highest BCUT2D eigenvalue weighted by atomic mass is 15.4. The van der Waals surface area contributed by atoms with Crippen molar-refractivity contribution in [3.8, 4) is 0 Å². The first kappa shape index (κ1) is 14.2. The van der Waals surface area contributed by atoms with Crippen LogP contribution in [-0.4, -0.2) is 15.0 Å². The van der Waals surface area contributed by atoms with E-state index in [4.69, 9.17) is 0 Å². The highest BCUT2D eigenvalue weighted by molar-refractivity contribution is 4.93. The highest BCUT2D eigenvalue weighted by Crippen LogP contribution is 2.10. The monoisotopic (exact) mass is 237 g/mol. The van der Waals surface area contributed by atoms with Crippen LogP contribution in [0.25, 0.3) is 0 Å². The predicted molar refractivity (Wildman–Crippen MR) is 72.0 cm³/mol. The molecular formula is C14H27N3. The molecule has 3 nitrogen and oxygen atoms in total. The lowest BCUT2D eigenvalue weighted by Crippen LogP contribution is -2.04. The normalized spacial score (nSPS) is 10.9. The van der Waals surface area contributed by atoms with Crippen LogP contribution in [0.15, 0.2) is 6.20 Å². The van der Waals surface area contributed by atoms with Gasteiger partial charge in [0.1, 0.15) is 0 Å². The van der Waals surface area contributed by atoms with Gasteiger partial charge in [0, 0.05) is 6.54 Å². The van der Waals surface area contributed by atoms with Gasteiger partial charge < -0.3 is 0 Å². The molecule has 0 aliphatic carbocycles. The molecule has 1 rings (SSSR count). The SMILES string of the molecule is CCCCCCCCCc1cnnn1CCC. The van der Waals surface area contributed by atoms with Crippen molar-refractivity contribution >= 4 is 0 Å². The summed E-state index contributed by atoms with van der Waals surface area (Å²) in [7, 11) is 0. The third-order valence-corrected chi connectivity index (χ3v) is 3.17. The Hall–Kier alpha value is -0.860. The van der Waals surface area contributed by atoms with E-state index in [0.717, 1.165) is 19.4 Å². The van der Waals surface area contributed by atoms with Crippen molar-refractivity contribution < 1.29 is 0 Å². The summed E-state index contributed by atoms with van der Waals surface area (Å²) in [6.07, 6.45) is 13.8. The molecule has 0 saturated heterocycles. The van der Waals surface area contributed by atoms with Gasteiger partial charge in [-0.2, -0.15) is 0 Å². The van der Waals surface area contributed by atoms with Crippen LogP contribution in [0.1, 0.15) is 70.9 Å². The number of hydrogen-bond donors (Lipinski definition) is 0. The maximum absolute atomic E-state index is 4.11. The van der Waals surface area contributed by atoms with Crippen molar-refractivity contribution in [2.75, 3.05) is 0 Å². The van der Waals surface area contributed by atoms with Crippen LogP contribution < -0.4 is 0 Å². The molecule has 0 bridgehead atoms. The van der Waals surface area contributed by atoms with Crippen LogP contribution in [0.2, 0.25) is 0 Å². The van der Waals surface area contributed by atoms with Gasteiger partial charge in [-0.15, -0.1) is 5.10 Å². The minimum Gasteiger partial charge on any atom is -0.249 e. The molecule has 1 aromatic rings. The first-order valence-electron chi connectivity index (χ1n) is 7.25. The van der Waals surface area contributed by atoms with Gasteiger partial charge in [-0.05, 0) is 19.3 Å². The van der Waals surface area contributed by atoms with Crippen molar-refractivity contribution in [3.05, 3.63) is 11.9 Å². The van der Waals surface area contributed by atoms with E-state index < -0.39 is 0 Å². The zero-order valence-electron chi connectivity index (χ0n) is 11.5.